The van der Waals surface area contributed by atoms with Crippen LogP contribution in [0.5, 0.6) is 0 Å². The van der Waals surface area contributed by atoms with Gasteiger partial charge in [0.05, 0.1) is 0 Å². The highest BCUT2D eigenvalue weighted by atomic mass is 32.2. The van der Waals surface area contributed by atoms with Crippen LogP contribution >= 0.6 is 23.5 Å². The molecule has 0 bridgehead atoms. The van der Waals surface area contributed by atoms with Crippen molar-refractivity contribution in [1.82, 2.24) is 15.1 Å². The molecular formula is C17H23N3OS2. The summed E-state index contributed by atoms with van der Waals surface area (Å²) in [6.07, 6.45) is 0.793. The lowest BCUT2D eigenvalue weighted by Crippen LogP contribution is -2.34. The van der Waals surface area contributed by atoms with Gasteiger partial charge < -0.3 is 9.32 Å². The Kier molecular flexibility index (Phi) is 6.42. The first kappa shape index (κ1) is 16.9. The molecule has 23 heavy (non-hydrogen) atoms. The summed E-state index contributed by atoms with van der Waals surface area (Å²) in [6, 6.07) is 10.5. The van der Waals surface area contributed by atoms with Crippen molar-refractivity contribution >= 4 is 23.5 Å². The molecule has 1 aromatic carbocycles. The summed E-state index contributed by atoms with van der Waals surface area (Å²) >= 11 is 3.72. The van der Waals surface area contributed by atoms with Crippen molar-refractivity contribution in [3.05, 3.63) is 41.8 Å². The van der Waals surface area contributed by atoms with E-state index in [4.69, 9.17) is 4.42 Å². The van der Waals surface area contributed by atoms with E-state index in [1.54, 1.807) is 11.8 Å². The van der Waals surface area contributed by atoms with Crippen LogP contribution in [0.3, 0.4) is 0 Å². The highest BCUT2D eigenvalue weighted by Crippen LogP contribution is 2.22. The molecule has 6 heteroatoms. The van der Waals surface area contributed by atoms with Gasteiger partial charge in [0.25, 0.3) is 5.22 Å². The van der Waals surface area contributed by atoms with E-state index in [-0.39, 0.29) is 0 Å². The standard InChI is InChI=1S/C17H23N3OS2/c1-14(15-5-3-2-4-6-15)13-16-18-19-17(21-16)23-12-9-20-7-10-22-11-8-20/h2-6,14H,7-13H2,1H3. The maximum Gasteiger partial charge on any atom is 0.276 e. The van der Waals surface area contributed by atoms with Gasteiger partial charge in [0, 0.05) is 43.3 Å². The molecule has 2 heterocycles. The van der Waals surface area contributed by atoms with E-state index in [0.717, 1.165) is 24.6 Å². The van der Waals surface area contributed by atoms with E-state index in [2.05, 4.69) is 46.3 Å². The third-order valence-electron chi connectivity index (χ3n) is 4.03. The summed E-state index contributed by atoms with van der Waals surface area (Å²) in [5, 5.41) is 9.06. The molecule has 1 aromatic heterocycles. The number of hydrogen-bond acceptors (Lipinski definition) is 6. The summed E-state index contributed by atoms with van der Waals surface area (Å²) in [5.74, 6) is 4.65. The first-order valence-corrected chi connectivity index (χ1v) is 10.3. The van der Waals surface area contributed by atoms with Crippen LogP contribution in [0.2, 0.25) is 0 Å². The maximum absolute atomic E-state index is 5.78. The van der Waals surface area contributed by atoms with Crippen molar-refractivity contribution in [1.29, 1.82) is 0 Å². The molecule has 0 amide bonds. The van der Waals surface area contributed by atoms with Crippen molar-refractivity contribution < 1.29 is 4.42 Å². The minimum absolute atomic E-state index is 0.389. The topological polar surface area (TPSA) is 42.2 Å². The summed E-state index contributed by atoms with van der Waals surface area (Å²) in [5.41, 5.74) is 1.31. The fourth-order valence-electron chi connectivity index (χ4n) is 2.63. The first-order chi connectivity index (χ1) is 11.3. The second-order valence-corrected chi connectivity index (χ2v) is 8.05. The molecule has 1 aliphatic heterocycles. The Morgan fingerprint density at radius 1 is 1.22 bits per heavy atom. The number of thioether (sulfide) groups is 2. The van der Waals surface area contributed by atoms with Gasteiger partial charge in [-0.3, -0.25) is 0 Å². The molecule has 1 fully saturated rings. The van der Waals surface area contributed by atoms with E-state index in [9.17, 15) is 0 Å². The van der Waals surface area contributed by atoms with Gasteiger partial charge in [-0.2, -0.15) is 11.8 Å². The summed E-state index contributed by atoms with van der Waals surface area (Å²) in [7, 11) is 0. The SMILES string of the molecule is CC(Cc1nnc(SCCN2CCSCC2)o1)c1ccccc1. The van der Waals surface area contributed by atoms with Crippen LogP contribution in [-0.4, -0.2) is 52.0 Å². The van der Waals surface area contributed by atoms with Gasteiger partial charge in [-0.25, -0.2) is 0 Å². The van der Waals surface area contributed by atoms with Gasteiger partial charge in [-0.1, -0.05) is 49.0 Å². The molecule has 1 atom stereocenters. The van der Waals surface area contributed by atoms with Gasteiger partial charge in [0.2, 0.25) is 5.89 Å². The lowest BCUT2D eigenvalue weighted by Gasteiger charge is -2.25. The van der Waals surface area contributed by atoms with E-state index in [0.29, 0.717) is 11.1 Å². The average Bonchev–Trinajstić information content (AvgIpc) is 3.04. The molecule has 0 saturated carbocycles. The third kappa shape index (κ3) is 5.26. The molecule has 0 radical (unpaired) electrons. The fourth-order valence-corrected chi connectivity index (χ4v) is 4.38. The minimum Gasteiger partial charge on any atom is -0.416 e. The highest BCUT2D eigenvalue weighted by molar-refractivity contribution is 7.99. The van der Waals surface area contributed by atoms with Crippen LogP contribution in [0.4, 0.5) is 0 Å². The molecule has 0 aliphatic carbocycles. The van der Waals surface area contributed by atoms with Gasteiger partial charge in [0.1, 0.15) is 0 Å². The molecule has 124 valence electrons. The lowest BCUT2D eigenvalue weighted by molar-refractivity contribution is 0.322. The highest BCUT2D eigenvalue weighted by Gasteiger charge is 2.14. The zero-order valence-electron chi connectivity index (χ0n) is 13.5. The van der Waals surface area contributed by atoms with E-state index >= 15 is 0 Å². The van der Waals surface area contributed by atoms with Gasteiger partial charge >= 0.3 is 0 Å². The monoisotopic (exact) mass is 349 g/mol. The van der Waals surface area contributed by atoms with Crippen molar-refractivity contribution in [2.24, 2.45) is 0 Å². The molecule has 0 N–H and O–H groups in total. The molecular weight excluding hydrogens is 326 g/mol. The molecule has 0 spiro atoms. The van der Waals surface area contributed by atoms with E-state index in [1.807, 2.05) is 17.8 Å². The fraction of sp³-hybridized carbons (Fsp3) is 0.529. The molecule has 2 aromatic rings. The van der Waals surface area contributed by atoms with Gasteiger partial charge in [0.15, 0.2) is 0 Å². The normalized spacial score (nSPS) is 17.3. The average molecular weight is 350 g/mol. The molecule has 1 unspecified atom stereocenters. The largest absolute Gasteiger partial charge is 0.416 e. The van der Waals surface area contributed by atoms with Crippen molar-refractivity contribution in [3.63, 3.8) is 0 Å². The third-order valence-corrected chi connectivity index (χ3v) is 5.78. The first-order valence-electron chi connectivity index (χ1n) is 8.11. The van der Waals surface area contributed by atoms with Crippen molar-refractivity contribution in [2.45, 2.75) is 24.5 Å². The zero-order chi connectivity index (χ0) is 15.9. The predicted molar refractivity (Wildman–Crippen MR) is 97.3 cm³/mol. The molecule has 3 rings (SSSR count). The van der Waals surface area contributed by atoms with Crippen molar-refractivity contribution in [2.75, 3.05) is 36.9 Å². The number of nitrogens with zero attached hydrogens (tertiary/aromatic N) is 3. The van der Waals surface area contributed by atoms with Gasteiger partial charge in [-0.05, 0) is 11.5 Å². The van der Waals surface area contributed by atoms with Crippen LogP contribution in [0.1, 0.15) is 24.3 Å². The second kappa shape index (κ2) is 8.76. The number of benzene rings is 1. The van der Waals surface area contributed by atoms with E-state index in [1.165, 1.54) is 30.2 Å². The van der Waals surface area contributed by atoms with Crippen LogP contribution in [0.25, 0.3) is 0 Å². The molecule has 1 saturated heterocycles. The minimum atomic E-state index is 0.389. The Balaban J connectivity index is 1.44. The van der Waals surface area contributed by atoms with Crippen LogP contribution in [0.15, 0.2) is 40.0 Å². The van der Waals surface area contributed by atoms with Crippen LogP contribution < -0.4 is 0 Å². The summed E-state index contributed by atoms with van der Waals surface area (Å²) < 4.78 is 5.78. The Labute approximate surface area is 146 Å². The zero-order valence-corrected chi connectivity index (χ0v) is 15.1. The van der Waals surface area contributed by atoms with Crippen LogP contribution in [-0.2, 0) is 6.42 Å². The second-order valence-electron chi connectivity index (χ2n) is 5.78. The Hall–Kier alpha value is -0.980. The summed E-state index contributed by atoms with van der Waals surface area (Å²) in [6.45, 7) is 5.70. The Morgan fingerprint density at radius 2 is 2.00 bits per heavy atom. The number of aromatic nitrogens is 2. The molecule has 1 aliphatic rings. The number of hydrogen-bond donors (Lipinski definition) is 0. The number of rotatable bonds is 7. The van der Waals surface area contributed by atoms with E-state index < -0.39 is 0 Å². The van der Waals surface area contributed by atoms with Crippen LogP contribution in [0, 0.1) is 0 Å². The van der Waals surface area contributed by atoms with Crippen molar-refractivity contribution in [3.8, 4) is 0 Å². The predicted octanol–water partition coefficient (Wildman–Crippen LogP) is 3.56. The quantitative estimate of drug-likeness (QED) is 0.712. The Bertz CT molecular complexity index is 585. The van der Waals surface area contributed by atoms with Gasteiger partial charge in [-0.15, -0.1) is 10.2 Å². The molecule has 4 nitrogen and oxygen atoms in total. The summed E-state index contributed by atoms with van der Waals surface area (Å²) in [4.78, 5) is 2.51. The lowest BCUT2D eigenvalue weighted by atomic mass is 9.98. The smallest absolute Gasteiger partial charge is 0.276 e. The Morgan fingerprint density at radius 3 is 2.78 bits per heavy atom. The maximum atomic E-state index is 5.78.